The molecule has 0 saturated carbocycles. The number of phenolic OH excluding ortho intramolecular Hbond substituents is 2. The molecule has 6 nitrogen and oxygen atoms in total. The average molecular weight is 974 g/mol. The van der Waals surface area contributed by atoms with Crippen LogP contribution in [0.3, 0.4) is 0 Å². The predicted molar refractivity (Wildman–Crippen MR) is 281 cm³/mol. The van der Waals surface area contributed by atoms with Gasteiger partial charge in [-0.25, -0.2) is 0 Å². The van der Waals surface area contributed by atoms with Crippen LogP contribution in [0.25, 0.3) is 0 Å². The molecule has 2 N–H and O–H groups in total. The van der Waals surface area contributed by atoms with Crippen molar-refractivity contribution in [3.8, 4) is 23.0 Å². The summed E-state index contributed by atoms with van der Waals surface area (Å²) in [7, 11) is 9.78. The van der Waals surface area contributed by atoms with Gasteiger partial charge in [0, 0.05) is 45.5 Å². The van der Waals surface area contributed by atoms with E-state index in [2.05, 4.69) is 153 Å². The van der Waals surface area contributed by atoms with Gasteiger partial charge < -0.3 is 19.7 Å². The standard InChI is InChI=1S/2C29H33NO2.2ClH.Ti/c2*1-7-17-32-25-15-13-24(14-16-25)30-20-21-18-23(19-26(27(21)31)28(2,3)4)29(5,6)22-11-9-8-10-12-22;;;/h2*7-16,18-20,31H,1,17H2,2-6H3;2*1H;/q;;;;+2/p-2. The van der Waals surface area contributed by atoms with Crippen molar-refractivity contribution in [3.05, 3.63) is 203 Å². The van der Waals surface area contributed by atoms with E-state index in [-0.39, 0.29) is 33.2 Å². The Labute approximate surface area is 416 Å². The molecule has 350 valence electrons. The number of benzene rings is 6. The average Bonchev–Trinajstić information content (AvgIpc) is 3.30. The zero-order chi connectivity index (χ0) is 49.4. The molecular formula is C58H66Cl2N2O4Ti. The molecule has 0 bridgehead atoms. The maximum atomic E-state index is 11.1. The van der Waals surface area contributed by atoms with Gasteiger partial charge in [0.1, 0.15) is 36.2 Å². The van der Waals surface area contributed by atoms with E-state index in [1.165, 1.54) is 11.1 Å². The van der Waals surface area contributed by atoms with Crippen molar-refractivity contribution in [3.63, 3.8) is 0 Å². The van der Waals surface area contributed by atoms with Gasteiger partial charge >= 0.3 is 35.6 Å². The Hall–Kier alpha value is -5.37. The number of aromatic hydroxyl groups is 2. The van der Waals surface area contributed by atoms with E-state index in [4.69, 9.17) is 28.1 Å². The van der Waals surface area contributed by atoms with E-state index >= 15 is 0 Å². The van der Waals surface area contributed by atoms with Gasteiger partial charge in [-0.3, -0.25) is 9.98 Å². The first-order valence-electron chi connectivity index (χ1n) is 22.3. The van der Waals surface area contributed by atoms with E-state index in [1.54, 1.807) is 24.6 Å². The predicted octanol–water partition coefficient (Wildman–Crippen LogP) is 16.0. The summed E-state index contributed by atoms with van der Waals surface area (Å²) < 4.78 is 11.1. The molecule has 6 aromatic rings. The normalized spacial score (nSPS) is 11.8. The first-order chi connectivity index (χ1) is 31.7. The van der Waals surface area contributed by atoms with Gasteiger partial charge in [0.15, 0.2) is 0 Å². The number of aliphatic imine (C=N–C) groups is 2. The Morgan fingerprint density at radius 2 is 0.806 bits per heavy atom. The molecule has 0 aliphatic rings. The minimum atomic E-state index is -0.556. The van der Waals surface area contributed by atoms with Crippen molar-refractivity contribution >= 4 is 42.4 Å². The Bertz CT molecular complexity index is 2400. The third-order valence-corrected chi connectivity index (χ3v) is 11.4. The monoisotopic (exact) mass is 972 g/mol. The molecule has 9 heteroatoms. The van der Waals surface area contributed by atoms with Crippen LogP contribution in [0.5, 0.6) is 23.0 Å². The van der Waals surface area contributed by atoms with Crippen LogP contribution >= 0.6 is 18.6 Å². The Morgan fingerprint density at radius 1 is 0.493 bits per heavy atom. The van der Waals surface area contributed by atoms with Crippen LogP contribution in [-0.4, -0.2) is 35.9 Å². The van der Waals surface area contributed by atoms with Gasteiger partial charge in [-0.2, -0.15) is 0 Å². The molecule has 0 amide bonds. The Kier molecular flexibility index (Phi) is 19.9. The number of hydrogen-bond acceptors (Lipinski definition) is 6. The fourth-order valence-electron chi connectivity index (χ4n) is 7.27. The molecule has 0 aliphatic carbocycles. The van der Waals surface area contributed by atoms with E-state index < -0.39 is 17.0 Å². The van der Waals surface area contributed by atoms with E-state index in [0.717, 1.165) is 45.1 Å². The van der Waals surface area contributed by atoms with Crippen molar-refractivity contribution in [2.75, 3.05) is 13.2 Å². The Morgan fingerprint density at radius 3 is 1.09 bits per heavy atom. The third-order valence-electron chi connectivity index (χ3n) is 11.4. The molecule has 6 aromatic carbocycles. The van der Waals surface area contributed by atoms with Crippen LogP contribution in [-0.2, 0) is 38.7 Å². The third kappa shape index (κ3) is 15.3. The summed E-state index contributed by atoms with van der Waals surface area (Å²) in [6.45, 7) is 29.8. The molecule has 0 spiro atoms. The molecule has 0 aromatic heterocycles. The summed E-state index contributed by atoms with van der Waals surface area (Å²) in [6.07, 6.45) is 6.92. The summed E-state index contributed by atoms with van der Waals surface area (Å²) in [5.74, 6) is 2.10. The van der Waals surface area contributed by atoms with Crippen LogP contribution in [0.2, 0.25) is 0 Å². The summed E-state index contributed by atoms with van der Waals surface area (Å²) in [4.78, 5) is 9.23. The van der Waals surface area contributed by atoms with Crippen molar-refractivity contribution in [1.29, 1.82) is 0 Å². The molecule has 0 aliphatic heterocycles. The van der Waals surface area contributed by atoms with Gasteiger partial charge in [0.2, 0.25) is 0 Å². The number of nitrogens with zero attached hydrogens (tertiary/aromatic N) is 2. The quantitative estimate of drug-likeness (QED) is 0.0647. The fourth-order valence-corrected chi connectivity index (χ4v) is 7.27. The first-order valence-corrected chi connectivity index (χ1v) is 26.6. The van der Waals surface area contributed by atoms with E-state index in [9.17, 15) is 10.2 Å². The van der Waals surface area contributed by atoms with Crippen molar-refractivity contribution in [2.24, 2.45) is 9.98 Å². The summed E-state index contributed by atoms with van der Waals surface area (Å²) in [6, 6.07) is 44.4. The van der Waals surface area contributed by atoms with Crippen molar-refractivity contribution < 1.29 is 36.7 Å². The van der Waals surface area contributed by atoms with E-state index in [0.29, 0.717) is 24.3 Å². The summed E-state index contributed by atoms with van der Waals surface area (Å²) >= 11 is -0.556. The molecule has 0 atom stereocenters. The van der Waals surface area contributed by atoms with Crippen molar-refractivity contribution in [1.82, 2.24) is 0 Å². The second kappa shape index (κ2) is 24.6. The molecule has 0 radical (unpaired) electrons. The van der Waals surface area contributed by atoms with Gasteiger partial charge in [-0.05, 0) is 93.7 Å². The first kappa shape index (κ1) is 54.2. The fraction of sp³-hybridized carbons (Fsp3) is 0.276. The van der Waals surface area contributed by atoms with E-state index in [1.807, 2.05) is 72.8 Å². The Balaban J connectivity index is 0.000000276. The topological polar surface area (TPSA) is 83.6 Å². The van der Waals surface area contributed by atoms with Crippen LogP contribution in [0.1, 0.15) is 114 Å². The zero-order valence-electron chi connectivity index (χ0n) is 40.7. The second-order valence-corrected chi connectivity index (χ2v) is 21.8. The molecule has 0 saturated heterocycles. The number of hydrogen-bond donors (Lipinski definition) is 2. The van der Waals surface area contributed by atoms with Gasteiger partial charge in [-0.15, -0.1) is 0 Å². The van der Waals surface area contributed by atoms with Gasteiger partial charge in [0.25, 0.3) is 0 Å². The van der Waals surface area contributed by atoms with Crippen LogP contribution in [0.15, 0.2) is 169 Å². The van der Waals surface area contributed by atoms with Gasteiger partial charge in [-0.1, -0.05) is 167 Å². The number of halogens is 2. The molecular weight excluding hydrogens is 907 g/mol. The van der Waals surface area contributed by atoms with Crippen LogP contribution < -0.4 is 9.47 Å². The maximum absolute atomic E-state index is 11.1. The molecule has 0 fully saturated rings. The summed E-state index contributed by atoms with van der Waals surface area (Å²) in [5, 5.41) is 22.2. The second-order valence-electron chi connectivity index (χ2n) is 19.2. The zero-order valence-corrected chi connectivity index (χ0v) is 43.8. The molecule has 67 heavy (non-hydrogen) atoms. The molecule has 6 rings (SSSR count). The summed E-state index contributed by atoms with van der Waals surface area (Å²) in [5.41, 5.74) is 8.70. The van der Waals surface area contributed by atoms with Gasteiger partial charge in [0.05, 0.1) is 11.4 Å². The molecule has 0 heterocycles. The number of phenols is 2. The number of rotatable bonds is 14. The number of ether oxygens (including phenoxy) is 2. The van der Waals surface area contributed by atoms with Crippen LogP contribution in [0, 0.1) is 0 Å². The minimum absolute atomic E-state index is 0.209. The van der Waals surface area contributed by atoms with Crippen LogP contribution in [0.4, 0.5) is 11.4 Å². The SMILES string of the molecule is C=CCOc1ccc(N=Cc2cc(C(C)(C)c3ccccc3)cc(C(C)(C)C)c2O)cc1.C=CCOc1ccc(N=Cc2cc(C(C)(C)c3ccccc3)cc(C(C)(C)C)c2O)cc1.[Cl][Ti][Cl]. The molecule has 0 unspecified atom stereocenters. The van der Waals surface area contributed by atoms with Crippen molar-refractivity contribution in [2.45, 2.75) is 90.9 Å².